The zero-order valence-electron chi connectivity index (χ0n) is 12.4. The molecule has 3 unspecified atom stereocenters. The van der Waals surface area contributed by atoms with E-state index in [1.165, 1.54) is 5.01 Å². The Balaban J connectivity index is 1.92. The number of hydrogen-bond donors (Lipinski definition) is 4. The molecule has 3 heterocycles. The minimum absolute atomic E-state index is 0.00344. The summed E-state index contributed by atoms with van der Waals surface area (Å²) >= 11 is 5.16. The molecular formula is C14H21BrN4O2S. The maximum absolute atomic E-state index is 10.2. The lowest BCUT2D eigenvalue weighted by molar-refractivity contribution is -0.120. The molecule has 0 aromatic carbocycles. The van der Waals surface area contributed by atoms with E-state index >= 15 is 0 Å². The van der Waals surface area contributed by atoms with Crippen molar-refractivity contribution in [2.24, 2.45) is 11.6 Å². The average molecular weight is 389 g/mol. The van der Waals surface area contributed by atoms with Crippen molar-refractivity contribution in [3.8, 4) is 0 Å². The predicted octanol–water partition coefficient (Wildman–Crippen LogP) is 1.13. The molecule has 0 radical (unpaired) electrons. The van der Waals surface area contributed by atoms with Crippen LogP contribution in [0.2, 0.25) is 0 Å². The minimum Gasteiger partial charge on any atom is -0.400 e. The van der Waals surface area contributed by atoms with Crippen LogP contribution in [0, 0.1) is 0 Å². The van der Waals surface area contributed by atoms with Gasteiger partial charge in [-0.05, 0) is 35.0 Å². The van der Waals surface area contributed by atoms with Crippen LogP contribution >= 0.6 is 27.3 Å². The summed E-state index contributed by atoms with van der Waals surface area (Å²) in [5.74, 6) is 5.65. The highest BCUT2D eigenvalue weighted by molar-refractivity contribution is 9.11. The first-order valence-electron chi connectivity index (χ1n) is 7.21. The Kier molecular flexibility index (Phi) is 4.50. The highest BCUT2D eigenvalue weighted by atomic mass is 79.9. The molecule has 0 amide bonds. The topological polar surface area (TPSA) is 96.8 Å². The summed E-state index contributed by atoms with van der Waals surface area (Å²) < 4.78 is 7.13. The van der Waals surface area contributed by atoms with Crippen molar-refractivity contribution in [3.63, 3.8) is 0 Å². The number of halogens is 1. The second-order valence-electron chi connectivity index (χ2n) is 5.91. The number of aliphatic hydroxyl groups is 1. The molecule has 1 spiro atoms. The number of ether oxygens (including phenoxy) is 1. The van der Waals surface area contributed by atoms with Gasteiger partial charge in [-0.15, -0.1) is 11.3 Å². The molecule has 6 N–H and O–H groups in total. The molecule has 0 aliphatic carbocycles. The van der Waals surface area contributed by atoms with Crippen LogP contribution in [0.15, 0.2) is 21.7 Å². The summed E-state index contributed by atoms with van der Waals surface area (Å²) in [6.45, 7) is 1.13. The summed E-state index contributed by atoms with van der Waals surface area (Å²) in [5, 5.41) is 15.0. The Bertz CT molecular complexity index is 591. The number of fused-ring (bicyclic) bond motifs is 2. The number of piperidine rings is 1. The summed E-state index contributed by atoms with van der Waals surface area (Å²) in [6.07, 6.45) is 2.76. The highest BCUT2D eigenvalue weighted by Gasteiger charge is 2.46. The fourth-order valence-electron chi connectivity index (χ4n) is 3.22. The number of nitrogens with zero attached hydrogens (tertiary/aromatic N) is 1. The SMILES string of the molecule is CN(N)/C=C(\N)C1CC2(CCN1)OCC(O)c1cc(Br)sc12. The molecule has 3 rings (SSSR count). The molecule has 22 heavy (non-hydrogen) atoms. The van der Waals surface area contributed by atoms with E-state index in [0.29, 0.717) is 12.3 Å². The first-order valence-corrected chi connectivity index (χ1v) is 8.82. The number of thiophene rings is 1. The van der Waals surface area contributed by atoms with Crippen LogP contribution < -0.4 is 16.9 Å². The van der Waals surface area contributed by atoms with E-state index in [4.69, 9.17) is 16.3 Å². The molecule has 2 aliphatic heterocycles. The molecular weight excluding hydrogens is 368 g/mol. The third-order valence-electron chi connectivity index (χ3n) is 4.23. The Morgan fingerprint density at radius 1 is 1.68 bits per heavy atom. The van der Waals surface area contributed by atoms with Gasteiger partial charge in [-0.3, -0.25) is 0 Å². The van der Waals surface area contributed by atoms with E-state index in [-0.39, 0.29) is 11.6 Å². The van der Waals surface area contributed by atoms with Gasteiger partial charge in [-0.1, -0.05) is 0 Å². The lowest BCUT2D eigenvalue weighted by Crippen LogP contribution is -2.51. The van der Waals surface area contributed by atoms with Gasteiger partial charge in [0.05, 0.1) is 16.4 Å². The summed E-state index contributed by atoms with van der Waals surface area (Å²) in [7, 11) is 1.74. The van der Waals surface area contributed by atoms with Crippen molar-refractivity contribution in [1.82, 2.24) is 10.3 Å². The molecule has 2 aliphatic rings. The van der Waals surface area contributed by atoms with Gasteiger partial charge in [0.15, 0.2) is 0 Å². The fraction of sp³-hybridized carbons (Fsp3) is 0.571. The van der Waals surface area contributed by atoms with Crippen LogP contribution in [0.4, 0.5) is 0 Å². The quantitative estimate of drug-likeness (QED) is 0.447. The molecule has 1 aromatic heterocycles. The molecule has 1 fully saturated rings. The van der Waals surface area contributed by atoms with Gasteiger partial charge in [0.2, 0.25) is 0 Å². The Labute approximate surface area is 142 Å². The van der Waals surface area contributed by atoms with Crippen molar-refractivity contribution in [1.29, 1.82) is 0 Å². The number of hydrogen-bond acceptors (Lipinski definition) is 7. The van der Waals surface area contributed by atoms with Gasteiger partial charge < -0.3 is 25.9 Å². The molecule has 0 bridgehead atoms. The standard InChI is InChI=1S/C14H21BrN4O2S/c1-19(17)6-9(16)10-5-14(2-3-18-10)13-8(4-12(15)22-13)11(20)7-21-14/h4,6,10-11,18,20H,2-3,5,7,16-17H2,1H3/b9-6-. The van der Waals surface area contributed by atoms with E-state index in [1.807, 2.05) is 6.07 Å². The third-order valence-corrected chi connectivity index (χ3v) is 6.07. The largest absolute Gasteiger partial charge is 0.400 e. The maximum atomic E-state index is 10.2. The number of nitrogens with one attached hydrogen (secondary N) is 1. The van der Waals surface area contributed by atoms with Gasteiger partial charge in [-0.25, -0.2) is 5.84 Å². The van der Waals surface area contributed by atoms with Crippen LogP contribution in [-0.2, 0) is 10.3 Å². The Morgan fingerprint density at radius 3 is 3.18 bits per heavy atom. The fourth-order valence-corrected chi connectivity index (χ4v) is 5.08. The van der Waals surface area contributed by atoms with Crippen molar-refractivity contribution in [3.05, 3.63) is 32.2 Å². The van der Waals surface area contributed by atoms with Crippen LogP contribution in [-0.4, -0.2) is 36.4 Å². The summed E-state index contributed by atoms with van der Waals surface area (Å²) in [5.41, 5.74) is 7.44. The monoisotopic (exact) mass is 388 g/mol. The molecule has 122 valence electrons. The van der Waals surface area contributed by atoms with Gasteiger partial charge >= 0.3 is 0 Å². The second-order valence-corrected chi connectivity index (χ2v) is 8.34. The first kappa shape index (κ1) is 16.2. The molecule has 3 atom stereocenters. The van der Waals surface area contributed by atoms with E-state index in [9.17, 15) is 5.11 Å². The first-order chi connectivity index (χ1) is 10.4. The summed E-state index contributed by atoms with van der Waals surface area (Å²) in [6, 6.07) is 2.00. The molecule has 0 saturated carbocycles. The maximum Gasteiger partial charge on any atom is 0.106 e. The average Bonchev–Trinajstić information content (AvgIpc) is 2.87. The van der Waals surface area contributed by atoms with Crippen molar-refractivity contribution < 1.29 is 9.84 Å². The van der Waals surface area contributed by atoms with Crippen molar-refractivity contribution in [2.45, 2.75) is 30.6 Å². The van der Waals surface area contributed by atoms with Crippen LogP contribution in [0.25, 0.3) is 0 Å². The number of hydrazine groups is 1. The number of aliphatic hydroxyl groups excluding tert-OH is 1. The number of rotatable bonds is 2. The van der Waals surface area contributed by atoms with Gasteiger partial charge in [0.1, 0.15) is 11.7 Å². The molecule has 1 aromatic rings. The van der Waals surface area contributed by atoms with E-state index in [0.717, 1.165) is 33.6 Å². The van der Waals surface area contributed by atoms with Crippen LogP contribution in [0.5, 0.6) is 0 Å². The Hall–Kier alpha value is -0.640. The lowest BCUT2D eigenvalue weighted by Gasteiger charge is -2.44. The van der Waals surface area contributed by atoms with E-state index in [2.05, 4.69) is 21.2 Å². The van der Waals surface area contributed by atoms with Gasteiger partial charge in [-0.2, -0.15) is 0 Å². The predicted molar refractivity (Wildman–Crippen MR) is 89.9 cm³/mol. The van der Waals surface area contributed by atoms with Crippen molar-refractivity contribution >= 4 is 27.3 Å². The van der Waals surface area contributed by atoms with E-state index < -0.39 is 6.10 Å². The second kappa shape index (κ2) is 6.10. The smallest absolute Gasteiger partial charge is 0.106 e. The van der Waals surface area contributed by atoms with Gasteiger partial charge in [0, 0.05) is 35.8 Å². The zero-order valence-corrected chi connectivity index (χ0v) is 14.8. The molecule has 8 heteroatoms. The Morgan fingerprint density at radius 2 is 2.45 bits per heavy atom. The number of nitrogens with two attached hydrogens (primary N) is 2. The van der Waals surface area contributed by atoms with Crippen LogP contribution in [0.1, 0.15) is 29.4 Å². The third kappa shape index (κ3) is 2.91. The van der Waals surface area contributed by atoms with Crippen molar-refractivity contribution in [2.75, 3.05) is 20.2 Å². The highest BCUT2D eigenvalue weighted by Crippen LogP contribution is 2.49. The zero-order chi connectivity index (χ0) is 15.9. The minimum atomic E-state index is -0.556. The molecule has 6 nitrogen and oxygen atoms in total. The van der Waals surface area contributed by atoms with Crippen LogP contribution in [0.3, 0.4) is 0 Å². The molecule has 1 saturated heterocycles. The normalized spacial score (nSPS) is 32.1. The summed E-state index contributed by atoms with van der Waals surface area (Å²) in [4.78, 5) is 1.11. The lowest BCUT2D eigenvalue weighted by atomic mass is 9.81. The van der Waals surface area contributed by atoms with Gasteiger partial charge in [0.25, 0.3) is 0 Å². The van der Waals surface area contributed by atoms with E-state index in [1.54, 1.807) is 24.6 Å².